The highest BCUT2D eigenvalue weighted by atomic mass is 32.2. The van der Waals surface area contributed by atoms with Crippen LogP contribution in [0.2, 0.25) is 0 Å². The molecule has 0 aromatic carbocycles. The minimum absolute atomic E-state index is 0.0325. The molecular formula is C23H30N4O6S3. The van der Waals surface area contributed by atoms with Crippen molar-refractivity contribution in [2.75, 3.05) is 11.6 Å². The van der Waals surface area contributed by atoms with Gasteiger partial charge in [0.05, 0.1) is 6.26 Å². The highest BCUT2D eigenvalue weighted by Crippen LogP contribution is 2.56. The Labute approximate surface area is 215 Å². The zero-order valence-corrected chi connectivity index (χ0v) is 22.4. The van der Waals surface area contributed by atoms with Gasteiger partial charge in [-0.15, -0.1) is 15.7 Å². The van der Waals surface area contributed by atoms with Crippen LogP contribution in [-0.2, 0) is 31.4 Å². The predicted octanol–water partition coefficient (Wildman–Crippen LogP) is 2.71. The summed E-state index contributed by atoms with van der Waals surface area (Å²) in [6.45, 7) is -0.189. The topological polar surface area (TPSA) is 145 Å². The molecule has 3 saturated carbocycles. The van der Waals surface area contributed by atoms with Gasteiger partial charge in [0, 0.05) is 30.1 Å². The molecule has 4 unspecified atom stereocenters. The number of hydrogen-bond acceptors (Lipinski definition) is 8. The first-order valence-corrected chi connectivity index (χ1v) is 16.7. The lowest BCUT2D eigenvalue weighted by Gasteiger charge is -2.48. The summed E-state index contributed by atoms with van der Waals surface area (Å²) in [6.07, 6.45) is 9.14. The first-order valence-electron chi connectivity index (χ1n) is 12.5. The van der Waals surface area contributed by atoms with Crippen LogP contribution in [-0.4, -0.2) is 56.9 Å². The summed E-state index contributed by atoms with van der Waals surface area (Å²) in [5.74, 6) is -0.0611. The van der Waals surface area contributed by atoms with Crippen molar-refractivity contribution in [3.63, 3.8) is 0 Å². The molecule has 3 fully saturated rings. The maximum absolute atomic E-state index is 14.0. The third-order valence-corrected chi connectivity index (χ3v) is 11.6. The van der Waals surface area contributed by atoms with Gasteiger partial charge in [-0.1, -0.05) is 19.3 Å². The Morgan fingerprint density at radius 3 is 2.64 bits per heavy atom. The van der Waals surface area contributed by atoms with Crippen LogP contribution in [0.15, 0.2) is 26.0 Å². The van der Waals surface area contributed by atoms with E-state index in [2.05, 4.69) is 14.4 Å². The molecule has 0 radical (unpaired) electrons. The van der Waals surface area contributed by atoms with E-state index in [-0.39, 0.29) is 69.0 Å². The van der Waals surface area contributed by atoms with Gasteiger partial charge >= 0.3 is 0 Å². The number of nitrogens with zero attached hydrogens (tertiary/aromatic N) is 2. The molecule has 2 aliphatic heterocycles. The van der Waals surface area contributed by atoms with Gasteiger partial charge in [0.1, 0.15) is 21.2 Å². The molecule has 10 nitrogen and oxygen atoms in total. The Morgan fingerprint density at radius 1 is 1.19 bits per heavy atom. The molecule has 36 heavy (non-hydrogen) atoms. The van der Waals surface area contributed by atoms with E-state index in [0.717, 1.165) is 69.0 Å². The number of rotatable bonds is 5. The third kappa shape index (κ3) is 3.89. The molecule has 5 aliphatic rings. The molecule has 0 saturated heterocycles. The zero-order chi connectivity index (χ0) is 25.4. The van der Waals surface area contributed by atoms with Gasteiger partial charge in [-0.3, -0.25) is 4.79 Å². The molecule has 6 rings (SSSR count). The van der Waals surface area contributed by atoms with Gasteiger partial charge in [0.2, 0.25) is 10.0 Å². The summed E-state index contributed by atoms with van der Waals surface area (Å²) in [4.78, 5) is 15.9. The molecule has 3 aliphatic carbocycles. The summed E-state index contributed by atoms with van der Waals surface area (Å²) in [7, 11) is -7.76. The highest BCUT2D eigenvalue weighted by molar-refractivity contribution is 7.91. The fourth-order valence-electron chi connectivity index (χ4n) is 7.07. The molecular weight excluding hydrogens is 524 g/mol. The molecule has 2 bridgehead atoms. The summed E-state index contributed by atoms with van der Waals surface area (Å²) in [5, 5.41) is 16.3. The average molecular weight is 555 g/mol. The number of amidine groups is 1. The molecule has 196 valence electrons. The van der Waals surface area contributed by atoms with Crippen molar-refractivity contribution in [2.24, 2.45) is 22.2 Å². The van der Waals surface area contributed by atoms with Crippen LogP contribution in [0, 0.1) is 17.8 Å². The minimum atomic E-state index is -4.23. The molecule has 4 atom stereocenters. The average Bonchev–Trinajstić information content (AvgIpc) is 3.53. The van der Waals surface area contributed by atoms with Crippen LogP contribution < -0.4 is 10.0 Å². The van der Waals surface area contributed by atoms with Gasteiger partial charge in [-0.05, 0) is 49.3 Å². The number of carbonyl (C=O) groups excluding carboxylic acids is 1. The van der Waals surface area contributed by atoms with Crippen LogP contribution in [0.25, 0.3) is 0 Å². The number of hydrogen-bond donors (Lipinski definition) is 3. The number of amides is 1. The molecule has 1 amide bonds. The maximum atomic E-state index is 14.0. The summed E-state index contributed by atoms with van der Waals surface area (Å²) < 4.78 is 55.8. The number of aliphatic hydroxyl groups is 1. The van der Waals surface area contributed by atoms with Crippen LogP contribution >= 0.6 is 11.3 Å². The first kappa shape index (κ1) is 24.4. The zero-order valence-electron chi connectivity index (χ0n) is 19.9. The van der Waals surface area contributed by atoms with Crippen LogP contribution in [0.5, 0.6) is 0 Å². The van der Waals surface area contributed by atoms with Crippen molar-refractivity contribution in [1.82, 2.24) is 9.62 Å². The standard InChI is InChI=1S/C23H30N4O6S3/c1-35(30,31)24-10-14-11-34-22-20(14)36(32,33)26-21(25-22)17-19(28)16-12-7-8-13(9-12)18(16)27(23(17)29)15-5-3-2-4-6-15/h11-13,15-16,18,24,28H,2-10H2,1H3,(H,25,26). The van der Waals surface area contributed by atoms with Crippen molar-refractivity contribution in [3.05, 3.63) is 22.3 Å². The quantitative estimate of drug-likeness (QED) is 0.507. The number of aliphatic hydroxyl groups excluding tert-OH is 1. The minimum Gasteiger partial charge on any atom is -0.511 e. The van der Waals surface area contributed by atoms with Crippen molar-refractivity contribution >= 4 is 48.1 Å². The van der Waals surface area contributed by atoms with Crippen LogP contribution in [0.3, 0.4) is 0 Å². The van der Waals surface area contributed by atoms with Gasteiger partial charge in [-0.25, -0.2) is 13.1 Å². The van der Waals surface area contributed by atoms with Gasteiger partial charge in [0.15, 0.2) is 5.84 Å². The van der Waals surface area contributed by atoms with Gasteiger partial charge in [-0.2, -0.15) is 8.42 Å². The van der Waals surface area contributed by atoms with E-state index in [0.29, 0.717) is 5.92 Å². The Balaban J connectivity index is 1.40. The van der Waals surface area contributed by atoms with Crippen molar-refractivity contribution < 1.29 is 26.7 Å². The normalized spacial score (nSPS) is 31.8. The Bertz CT molecular complexity index is 1390. The predicted molar refractivity (Wildman–Crippen MR) is 136 cm³/mol. The van der Waals surface area contributed by atoms with E-state index in [1.807, 2.05) is 4.90 Å². The number of sulfonamides is 2. The van der Waals surface area contributed by atoms with E-state index in [1.54, 1.807) is 5.38 Å². The molecule has 3 heterocycles. The first-order chi connectivity index (χ1) is 17.0. The number of fused-ring (bicyclic) bond motifs is 6. The van der Waals surface area contributed by atoms with Gasteiger partial charge in [0.25, 0.3) is 15.9 Å². The highest BCUT2D eigenvalue weighted by Gasteiger charge is 2.58. The van der Waals surface area contributed by atoms with Crippen molar-refractivity contribution in [1.29, 1.82) is 0 Å². The fraction of sp³-hybridized carbons (Fsp3) is 0.652. The Hall–Kier alpha value is -1.96. The summed E-state index contributed by atoms with van der Waals surface area (Å²) >= 11 is 1.10. The van der Waals surface area contributed by atoms with E-state index < -0.39 is 20.0 Å². The number of nitrogens with one attached hydrogen (secondary N) is 2. The Kier molecular flexibility index (Phi) is 5.78. The monoisotopic (exact) mass is 554 g/mol. The maximum Gasteiger partial charge on any atom is 0.287 e. The summed E-state index contributed by atoms with van der Waals surface area (Å²) in [5.41, 5.74) is 0.244. The molecule has 3 N–H and O–H groups in total. The second-order valence-electron chi connectivity index (χ2n) is 10.7. The fourth-order valence-corrected chi connectivity index (χ4v) is 10.1. The van der Waals surface area contributed by atoms with Gasteiger partial charge < -0.3 is 15.3 Å². The van der Waals surface area contributed by atoms with E-state index in [1.165, 1.54) is 0 Å². The largest absolute Gasteiger partial charge is 0.511 e. The van der Waals surface area contributed by atoms with Crippen LogP contribution in [0.4, 0.5) is 5.00 Å². The SMILES string of the molecule is CS(=O)(=O)NCc1csc2c1S(=O)(=O)N=C(C1=C(O)C3C4CCC(C4)C3N(C3CCCCC3)C1=O)N2. The molecule has 1 aromatic rings. The summed E-state index contributed by atoms with van der Waals surface area (Å²) in [6, 6.07) is 0.0582. The van der Waals surface area contributed by atoms with E-state index in [9.17, 15) is 26.7 Å². The second-order valence-corrected chi connectivity index (χ2v) is 14.9. The molecule has 0 spiro atoms. The van der Waals surface area contributed by atoms with Crippen molar-refractivity contribution in [3.8, 4) is 0 Å². The number of thiophene rings is 1. The smallest absolute Gasteiger partial charge is 0.287 e. The Morgan fingerprint density at radius 2 is 1.92 bits per heavy atom. The molecule has 13 heteroatoms. The van der Waals surface area contributed by atoms with Crippen LogP contribution in [0.1, 0.15) is 56.9 Å². The lowest BCUT2D eigenvalue weighted by atomic mass is 9.76. The lowest BCUT2D eigenvalue weighted by molar-refractivity contribution is -0.137. The lowest BCUT2D eigenvalue weighted by Crippen LogP contribution is -2.58. The van der Waals surface area contributed by atoms with Crippen molar-refractivity contribution in [2.45, 2.75) is 74.9 Å². The second kappa shape index (κ2) is 8.53. The third-order valence-electron chi connectivity index (χ3n) is 8.46. The van der Waals surface area contributed by atoms with E-state index in [4.69, 9.17) is 0 Å². The number of carbonyl (C=O) groups is 1. The molecule has 1 aromatic heterocycles. The number of anilines is 1. The van der Waals surface area contributed by atoms with E-state index >= 15 is 0 Å².